The molecule has 2 rings (SSSR count). The number of nitrogens with zero attached hydrogens (tertiary/aromatic N) is 3. The van der Waals surface area contributed by atoms with Gasteiger partial charge in [-0.2, -0.15) is 4.98 Å². The molecule has 0 aliphatic heterocycles. The summed E-state index contributed by atoms with van der Waals surface area (Å²) in [5, 5.41) is 14.3. The maximum Gasteiger partial charge on any atom is 0.372 e. The molecule has 1 aromatic rings. The smallest absolute Gasteiger partial charge is 0.372 e. The van der Waals surface area contributed by atoms with Gasteiger partial charge in [0.25, 0.3) is 5.88 Å². The van der Waals surface area contributed by atoms with Gasteiger partial charge in [0.15, 0.2) is 0 Å². The summed E-state index contributed by atoms with van der Waals surface area (Å²) in [7, 11) is 0. The van der Waals surface area contributed by atoms with E-state index in [2.05, 4.69) is 15.3 Å². The van der Waals surface area contributed by atoms with Crippen LogP contribution < -0.4 is 10.1 Å². The fourth-order valence-electron chi connectivity index (χ4n) is 2.50. The van der Waals surface area contributed by atoms with E-state index in [9.17, 15) is 10.1 Å². The van der Waals surface area contributed by atoms with Crippen LogP contribution in [0.25, 0.3) is 0 Å². The molecule has 0 atom stereocenters. The molecule has 1 saturated carbocycles. The summed E-state index contributed by atoms with van der Waals surface area (Å²) < 4.78 is 5.82. The summed E-state index contributed by atoms with van der Waals surface area (Å²) >= 11 is 0. The van der Waals surface area contributed by atoms with Crippen LogP contribution in [0.15, 0.2) is 6.33 Å². The van der Waals surface area contributed by atoms with Gasteiger partial charge < -0.3 is 10.1 Å². The molecule has 1 fully saturated rings. The molecule has 0 radical (unpaired) electrons. The second kappa shape index (κ2) is 7.75. The summed E-state index contributed by atoms with van der Waals surface area (Å²) in [6.07, 6.45) is 8.66. The van der Waals surface area contributed by atoms with Crippen LogP contribution >= 0.6 is 0 Å². The molecule has 1 N–H and O–H groups in total. The molecule has 0 aromatic carbocycles. The number of anilines is 1. The molecule has 1 aliphatic rings. The fraction of sp³-hybridized carbons (Fsp3) is 0.714. The van der Waals surface area contributed by atoms with Crippen molar-refractivity contribution < 1.29 is 9.66 Å². The highest BCUT2D eigenvalue weighted by atomic mass is 16.6. The number of nitro groups is 1. The number of hydrogen-bond donors (Lipinski definition) is 1. The van der Waals surface area contributed by atoms with Crippen molar-refractivity contribution >= 4 is 11.5 Å². The standard InChI is InChI=1S/C14H22N4O3/c1-2-9-15-13-12(18(19)20)14(17-10-16-13)21-11-7-5-3-4-6-8-11/h10-11H,2-9H2,1H3,(H,15,16,17). The molecule has 7 heteroatoms. The van der Waals surface area contributed by atoms with Crippen molar-refractivity contribution in [3.8, 4) is 5.88 Å². The molecule has 1 heterocycles. The fourth-order valence-corrected chi connectivity index (χ4v) is 2.50. The van der Waals surface area contributed by atoms with Gasteiger partial charge in [-0.05, 0) is 32.1 Å². The third-order valence-corrected chi connectivity index (χ3v) is 3.59. The second-order valence-corrected chi connectivity index (χ2v) is 5.29. The van der Waals surface area contributed by atoms with E-state index in [1.165, 1.54) is 19.2 Å². The SMILES string of the molecule is CCCNc1ncnc(OC2CCCCCC2)c1[N+](=O)[O-]. The zero-order valence-electron chi connectivity index (χ0n) is 12.4. The molecule has 21 heavy (non-hydrogen) atoms. The van der Waals surface area contributed by atoms with Gasteiger partial charge >= 0.3 is 5.69 Å². The molecule has 116 valence electrons. The van der Waals surface area contributed by atoms with E-state index >= 15 is 0 Å². The normalized spacial score (nSPS) is 16.2. The van der Waals surface area contributed by atoms with Crippen LogP contribution in [0.3, 0.4) is 0 Å². The maximum atomic E-state index is 11.3. The Morgan fingerprint density at radius 3 is 2.67 bits per heavy atom. The summed E-state index contributed by atoms with van der Waals surface area (Å²) in [4.78, 5) is 18.8. The topological polar surface area (TPSA) is 90.2 Å². The van der Waals surface area contributed by atoms with Gasteiger partial charge in [0.2, 0.25) is 5.82 Å². The van der Waals surface area contributed by atoms with E-state index in [4.69, 9.17) is 4.74 Å². The third-order valence-electron chi connectivity index (χ3n) is 3.59. The van der Waals surface area contributed by atoms with Crippen LogP contribution in [0.1, 0.15) is 51.9 Å². The van der Waals surface area contributed by atoms with Gasteiger partial charge in [-0.3, -0.25) is 10.1 Å². The molecule has 0 unspecified atom stereocenters. The highest BCUT2D eigenvalue weighted by molar-refractivity contribution is 5.61. The van der Waals surface area contributed by atoms with Crippen molar-refractivity contribution in [1.29, 1.82) is 0 Å². The first kappa shape index (κ1) is 15.5. The van der Waals surface area contributed by atoms with Gasteiger partial charge in [0.05, 0.1) is 4.92 Å². The largest absolute Gasteiger partial charge is 0.469 e. The minimum absolute atomic E-state index is 0.0140. The van der Waals surface area contributed by atoms with E-state index in [1.54, 1.807) is 0 Å². The van der Waals surface area contributed by atoms with Crippen LogP contribution in [0.5, 0.6) is 5.88 Å². The van der Waals surface area contributed by atoms with Gasteiger partial charge in [-0.25, -0.2) is 4.98 Å². The zero-order valence-corrected chi connectivity index (χ0v) is 12.4. The monoisotopic (exact) mass is 294 g/mol. The molecule has 0 spiro atoms. The number of aromatic nitrogens is 2. The van der Waals surface area contributed by atoms with E-state index < -0.39 is 4.92 Å². The second-order valence-electron chi connectivity index (χ2n) is 5.29. The Bertz CT molecular complexity index is 473. The zero-order chi connectivity index (χ0) is 15.1. The van der Waals surface area contributed by atoms with Crippen LogP contribution in [-0.4, -0.2) is 27.5 Å². The van der Waals surface area contributed by atoms with Crippen molar-refractivity contribution in [2.24, 2.45) is 0 Å². The van der Waals surface area contributed by atoms with E-state index in [0.29, 0.717) is 6.54 Å². The first-order valence-corrected chi connectivity index (χ1v) is 7.62. The van der Waals surface area contributed by atoms with Crippen molar-refractivity contribution in [3.05, 3.63) is 16.4 Å². The quantitative estimate of drug-likeness (QED) is 0.492. The Balaban J connectivity index is 2.18. The van der Waals surface area contributed by atoms with Crippen LogP contribution in [0, 0.1) is 10.1 Å². The Labute approximate surface area is 124 Å². The molecule has 0 bridgehead atoms. The van der Waals surface area contributed by atoms with Crippen LogP contribution in [-0.2, 0) is 0 Å². The number of ether oxygens (including phenoxy) is 1. The summed E-state index contributed by atoms with van der Waals surface area (Å²) in [5.41, 5.74) is -0.157. The Morgan fingerprint density at radius 1 is 1.33 bits per heavy atom. The van der Waals surface area contributed by atoms with Crippen molar-refractivity contribution in [2.45, 2.75) is 58.0 Å². The van der Waals surface area contributed by atoms with Crippen molar-refractivity contribution in [3.63, 3.8) is 0 Å². The lowest BCUT2D eigenvalue weighted by atomic mass is 10.1. The molecule has 0 saturated heterocycles. The molecule has 1 aromatic heterocycles. The number of nitrogens with one attached hydrogen (secondary N) is 1. The van der Waals surface area contributed by atoms with E-state index in [0.717, 1.165) is 32.1 Å². The minimum atomic E-state index is -0.468. The van der Waals surface area contributed by atoms with Crippen LogP contribution in [0.2, 0.25) is 0 Å². The number of hydrogen-bond acceptors (Lipinski definition) is 6. The molecular weight excluding hydrogens is 272 g/mol. The number of rotatable bonds is 6. The van der Waals surface area contributed by atoms with Gasteiger partial charge in [0.1, 0.15) is 12.4 Å². The summed E-state index contributed by atoms with van der Waals surface area (Å²) in [6, 6.07) is 0. The molecular formula is C14H22N4O3. The average molecular weight is 294 g/mol. The third kappa shape index (κ3) is 4.27. The van der Waals surface area contributed by atoms with Crippen molar-refractivity contribution in [2.75, 3.05) is 11.9 Å². The van der Waals surface area contributed by atoms with E-state index in [1.807, 2.05) is 6.92 Å². The Kier molecular flexibility index (Phi) is 5.71. The van der Waals surface area contributed by atoms with Crippen LogP contribution in [0.4, 0.5) is 11.5 Å². The lowest BCUT2D eigenvalue weighted by molar-refractivity contribution is -0.385. The highest BCUT2D eigenvalue weighted by Crippen LogP contribution is 2.33. The van der Waals surface area contributed by atoms with Crippen molar-refractivity contribution in [1.82, 2.24) is 9.97 Å². The lowest BCUT2D eigenvalue weighted by Crippen LogP contribution is -2.17. The average Bonchev–Trinajstić information content (AvgIpc) is 2.73. The molecule has 7 nitrogen and oxygen atoms in total. The summed E-state index contributed by atoms with van der Waals surface area (Å²) in [5.74, 6) is 0.320. The first-order valence-electron chi connectivity index (χ1n) is 7.62. The molecule has 0 amide bonds. The predicted octanol–water partition coefficient (Wildman–Crippen LogP) is 3.31. The summed E-state index contributed by atoms with van der Waals surface area (Å²) in [6.45, 7) is 2.61. The van der Waals surface area contributed by atoms with Gasteiger partial charge in [0, 0.05) is 6.54 Å². The van der Waals surface area contributed by atoms with Gasteiger partial charge in [-0.1, -0.05) is 19.8 Å². The Morgan fingerprint density at radius 2 is 2.05 bits per heavy atom. The lowest BCUT2D eigenvalue weighted by Gasteiger charge is -2.16. The maximum absolute atomic E-state index is 11.3. The van der Waals surface area contributed by atoms with Gasteiger partial charge in [-0.15, -0.1) is 0 Å². The minimum Gasteiger partial charge on any atom is -0.469 e. The molecule has 1 aliphatic carbocycles. The highest BCUT2D eigenvalue weighted by Gasteiger charge is 2.26. The predicted molar refractivity (Wildman–Crippen MR) is 79.6 cm³/mol. The Hall–Kier alpha value is -1.92. The first-order chi connectivity index (χ1) is 10.2. The van der Waals surface area contributed by atoms with E-state index in [-0.39, 0.29) is 23.5 Å².